The average molecular weight is 675 g/mol. The third-order valence-electron chi connectivity index (χ3n) is 8.49. The molecule has 0 N–H and O–H groups in total. The molecular formula is C40H24N8Ni. The smallest absolute Gasteiger partial charge is 0.657 e. The zero-order valence-corrected chi connectivity index (χ0v) is 26.7. The van der Waals surface area contributed by atoms with Crippen LogP contribution in [0, 0.1) is 0 Å². The van der Waals surface area contributed by atoms with Gasteiger partial charge in [0.05, 0.1) is 22.8 Å². The molecule has 8 nitrogen and oxygen atoms in total. The second kappa shape index (κ2) is 12.7. The molecule has 49 heavy (non-hydrogen) atoms. The van der Waals surface area contributed by atoms with E-state index in [0.29, 0.717) is 0 Å². The molecule has 0 amide bonds. The van der Waals surface area contributed by atoms with Crippen molar-refractivity contribution in [3.05, 3.63) is 145 Å². The fourth-order valence-electron chi connectivity index (χ4n) is 6.34. The molecule has 0 aliphatic carbocycles. The number of fused-ring (bicyclic) bond motifs is 8. The van der Waals surface area contributed by atoms with E-state index in [-0.39, 0.29) is 16.5 Å². The summed E-state index contributed by atoms with van der Waals surface area (Å²) in [5.41, 5.74) is 13.9. The summed E-state index contributed by atoms with van der Waals surface area (Å²) < 4.78 is 0. The summed E-state index contributed by atoms with van der Waals surface area (Å²) in [6.45, 7) is 0. The fourth-order valence-corrected chi connectivity index (χ4v) is 6.34. The molecule has 8 bridgehead atoms. The number of rotatable bonds is 4. The van der Waals surface area contributed by atoms with Crippen molar-refractivity contribution < 1.29 is 16.5 Å². The van der Waals surface area contributed by atoms with Gasteiger partial charge in [-0.3, -0.25) is 19.9 Å². The van der Waals surface area contributed by atoms with Crippen molar-refractivity contribution >= 4 is 46.4 Å². The normalized spacial score (nSPS) is 11.8. The van der Waals surface area contributed by atoms with Crippen molar-refractivity contribution in [2.24, 2.45) is 0 Å². The minimum Gasteiger partial charge on any atom is -0.657 e. The number of pyridine rings is 4. The second-order valence-corrected chi connectivity index (χ2v) is 11.3. The summed E-state index contributed by atoms with van der Waals surface area (Å²) in [6, 6.07) is 24.1. The Morgan fingerprint density at radius 1 is 0.306 bits per heavy atom. The van der Waals surface area contributed by atoms with E-state index in [1.165, 1.54) is 0 Å². The Bertz CT molecular complexity index is 2190. The van der Waals surface area contributed by atoms with Crippen LogP contribution in [0.25, 0.3) is 90.9 Å². The van der Waals surface area contributed by atoms with Crippen molar-refractivity contribution in [3.8, 4) is 44.5 Å². The van der Waals surface area contributed by atoms with Gasteiger partial charge in [-0.2, -0.15) is 0 Å². The summed E-state index contributed by atoms with van der Waals surface area (Å²) in [4.78, 5) is 38.1. The van der Waals surface area contributed by atoms with E-state index in [1.54, 1.807) is 49.6 Å². The molecule has 0 spiro atoms. The Labute approximate surface area is 291 Å². The number of nitrogens with zero attached hydrogens (tertiary/aromatic N) is 8. The molecule has 0 saturated carbocycles. The van der Waals surface area contributed by atoms with Gasteiger partial charge in [-0.15, -0.1) is 22.1 Å². The minimum absolute atomic E-state index is 0. The van der Waals surface area contributed by atoms with Crippen LogP contribution in [-0.2, 0) is 16.5 Å². The topological polar surface area (TPSA) is 106 Å². The molecular weight excluding hydrogens is 651 g/mol. The molecule has 0 fully saturated rings. The first kappa shape index (κ1) is 30.1. The van der Waals surface area contributed by atoms with Crippen LogP contribution in [-0.4, -0.2) is 29.9 Å². The Morgan fingerprint density at radius 2 is 0.531 bits per heavy atom. The van der Waals surface area contributed by atoms with Crippen molar-refractivity contribution in [3.63, 3.8) is 0 Å². The van der Waals surface area contributed by atoms with E-state index in [9.17, 15) is 0 Å². The van der Waals surface area contributed by atoms with Crippen LogP contribution in [0.1, 0.15) is 22.8 Å². The monoisotopic (exact) mass is 674 g/mol. The van der Waals surface area contributed by atoms with Gasteiger partial charge in [-0.1, -0.05) is 24.3 Å². The summed E-state index contributed by atoms with van der Waals surface area (Å²) in [5, 5.41) is 0. The second-order valence-electron chi connectivity index (χ2n) is 11.3. The molecule has 0 atom stereocenters. The third kappa shape index (κ3) is 5.46. The largest absolute Gasteiger partial charge is 2.00 e. The molecule has 2 aliphatic rings. The SMILES string of the molecule is C1=Cc2nc1c(-c1ccncc1)c1ccc([n-]1)c(-c1ccncc1)c1nc(c(-c3ccncc3)c3ccc([n-]3)c2-c2ccncc2)C=C1.[Ni+2]. The van der Waals surface area contributed by atoms with Crippen LogP contribution in [0.3, 0.4) is 0 Å². The standard InChI is InChI=1S/C40H24N8.Ni/c1-2-30-38(26-11-19-42-20-12-26)32-5-6-34(47-32)40(28-15-23-44-24-16-28)36-8-7-35(48-36)39(27-13-21-43-22-14-27)33-4-3-31(46-33)37(29(1)45-30)25-9-17-41-18-10-25;/h1-24H;/q-2;+2. The van der Waals surface area contributed by atoms with Crippen LogP contribution >= 0.6 is 0 Å². The van der Waals surface area contributed by atoms with Crippen molar-refractivity contribution in [2.45, 2.75) is 0 Å². The quantitative estimate of drug-likeness (QED) is 0.172. The zero-order valence-electron chi connectivity index (χ0n) is 25.8. The predicted octanol–water partition coefficient (Wildman–Crippen LogP) is 8.16. The molecule has 2 aliphatic heterocycles. The molecule has 0 aromatic carbocycles. The average Bonchev–Trinajstić information content (AvgIpc) is 3.98. The predicted molar refractivity (Wildman–Crippen MR) is 190 cm³/mol. The molecule has 0 radical (unpaired) electrons. The van der Waals surface area contributed by atoms with Crippen molar-refractivity contribution in [2.75, 3.05) is 0 Å². The van der Waals surface area contributed by atoms with Crippen LogP contribution in [0.2, 0.25) is 0 Å². The Kier molecular flexibility index (Phi) is 7.80. The minimum atomic E-state index is 0. The molecule has 9 heteroatoms. The summed E-state index contributed by atoms with van der Waals surface area (Å²) in [6.07, 6.45) is 22.5. The molecule has 0 saturated heterocycles. The molecule has 234 valence electrons. The maximum atomic E-state index is 5.25. The van der Waals surface area contributed by atoms with Gasteiger partial charge >= 0.3 is 16.5 Å². The van der Waals surface area contributed by atoms with E-state index in [4.69, 9.17) is 19.9 Å². The van der Waals surface area contributed by atoms with Crippen LogP contribution in [0.15, 0.2) is 122 Å². The molecule has 0 unspecified atom stereocenters. The van der Waals surface area contributed by atoms with Gasteiger partial charge in [-0.05, 0) is 117 Å². The van der Waals surface area contributed by atoms with Gasteiger partial charge in [0.25, 0.3) is 0 Å². The van der Waals surface area contributed by atoms with Crippen LogP contribution in [0.4, 0.5) is 0 Å². The summed E-state index contributed by atoms with van der Waals surface area (Å²) >= 11 is 0. The van der Waals surface area contributed by atoms with Crippen LogP contribution in [0.5, 0.6) is 0 Å². The van der Waals surface area contributed by atoms with Gasteiger partial charge in [0.2, 0.25) is 0 Å². The van der Waals surface area contributed by atoms with Gasteiger partial charge < -0.3 is 9.97 Å². The molecule has 9 heterocycles. The van der Waals surface area contributed by atoms with Gasteiger partial charge in [0, 0.05) is 49.6 Å². The summed E-state index contributed by atoms with van der Waals surface area (Å²) in [5.74, 6) is 0. The van der Waals surface area contributed by atoms with Gasteiger partial charge in [0.1, 0.15) is 0 Å². The Balaban J connectivity index is 0.00000348. The molecule has 7 aromatic heterocycles. The first-order valence-corrected chi connectivity index (χ1v) is 15.5. The van der Waals surface area contributed by atoms with Gasteiger partial charge in [-0.25, -0.2) is 9.97 Å². The summed E-state index contributed by atoms with van der Waals surface area (Å²) in [7, 11) is 0. The van der Waals surface area contributed by atoms with E-state index in [2.05, 4.69) is 68.5 Å². The molecule has 7 aromatic rings. The van der Waals surface area contributed by atoms with E-state index >= 15 is 0 Å². The van der Waals surface area contributed by atoms with Crippen molar-refractivity contribution in [1.82, 2.24) is 39.9 Å². The van der Waals surface area contributed by atoms with Crippen LogP contribution < -0.4 is 9.97 Å². The first-order chi connectivity index (χ1) is 23.8. The number of hydrogen-bond donors (Lipinski definition) is 0. The Morgan fingerprint density at radius 3 is 0.755 bits per heavy atom. The maximum absolute atomic E-state index is 5.25. The number of aromatic nitrogens is 8. The Hall–Kier alpha value is -6.31. The zero-order chi connectivity index (χ0) is 31.9. The molecule has 9 rings (SSSR count). The first-order valence-electron chi connectivity index (χ1n) is 15.5. The van der Waals surface area contributed by atoms with E-state index in [0.717, 1.165) is 89.4 Å². The van der Waals surface area contributed by atoms with E-state index < -0.39 is 0 Å². The van der Waals surface area contributed by atoms with Gasteiger partial charge in [0.15, 0.2) is 0 Å². The maximum Gasteiger partial charge on any atom is 2.00 e. The fraction of sp³-hybridized carbons (Fsp3) is 0. The third-order valence-corrected chi connectivity index (χ3v) is 8.49. The number of hydrogen-bond acceptors (Lipinski definition) is 6. The van der Waals surface area contributed by atoms with E-state index in [1.807, 2.05) is 48.5 Å². The van der Waals surface area contributed by atoms with Crippen molar-refractivity contribution in [1.29, 1.82) is 0 Å².